The maximum Gasteiger partial charge on any atom is 0.246 e. The Morgan fingerprint density at radius 1 is 0.931 bits per heavy atom. The van der Waals surface area contributed by atoms with Gasteiger partial charge in [-0.25, -0.2) is 14.3 Å². The summed E-state index contributed by atoms with van der Waals surface area (Å²) in [5.41, 5.74) is 5.62. The van der Waals surface area contributed by atoms with E-state index in [1.54, 1.807) is 38.4 Å². The average molecular weight is 404 g/mol. The molecule has 2 aromatic carbocycles. The van der Waals surface area contributed by atoms with E-state index in [1.165, 1.54) is 6.07 Å². The zero-order valence-electron chi connectivity index (χ0n) is 17.5. The summed E-state index contributed by atoms with van der Waals surface area (Å²) in [7, 11) is 0. The van der Waals surface area contributed by atoms with Gasteiger partial charge in [-0.3, -0.25) is 10.0 Å². The number of benzene rings is 2. The molecule has 0 heterocycles. The highest BCUT2D eigenvalue weighted by molar-refractivity contribution is 5.77. The topological polar surface area (TPSA) is 49.3 Å². The number of rotatable bonds is 10. The van der Waals surface area contributed by atoms with Crippen LogP contribution in [0.2, 0.25) is 0 Å². The van der Waals surface area contributed by atoms with E-state index in [-0.39, 0.29) is 17.6 Å². The summed E-state index contributed by atoms with van der Waals surface area (Å²) in [6.07, 6.45) is 5.95. The molecule has 158 valence electrons. The van der Waals surface area contributed by atoms with Crippen molar-refractivity contribution in [1.82, 2.24) is 5.48 Å². The van der Waals surface area contributed by atoms with Crippen molar-refractivity contribution in [2.24, 2.45) is 5.92 Å². The SMILES string of the molecule is Cc1cc(CCCCCC[C@@H](Cc2cc(C)c(F)c(C)c2)C(=O)NO)ccc1F. The maximum atomic E-state index is 13.8. The van der Waals surface area contributed by atoms with Crippen LogP contribution in [-0.4, -0.2) is 11.1 Å². The fourth-order valence-electron chi connectivity index (χ4n) is 3.79. The second kappa shape index (κ2) is 11.1. The first-order valence-corrected chi connectivity index (χ1v) is 10.3. The van der Waals surface area contributed by atoms with E-state index >= 15 is 0 Å². The Kier molecular flexibility index (Phi) is 8.77. The van der Waals surface area contributed by atoms with Crippen molar-refractivity contribution in [3.05, 3.63) is 69.8 Å². The summed E-state index contributed by atoms with van der Waals surface area (Å²) in [6.45, 7) is 5.21. The second-order valence-corrected chi connectivity index (χ2v) is 7.96. The summed E-state index contributed by atoms with van der Waals surface area (Å²) in [5.74, 6) is -1.13. The number of aryl methyl sites for hydroxylation is 4. The summed E-state index contributed by atoms with van der Waals surface area (Å²) in [5, 5.41) is 9.06. The van der Waals surface area contributed by atoms with Crippen LogP contribution in [0.3, 0.4) is 0 Å². The Morgan fingerprint density at radius 3 is 2.17 bits per heavy atom. The number of unbranched alkanes of at least 4 members (excludes halogenated alkanes) is 3. The highest BCUT2D eigenvalue weighted by Crippen LogP contribution is 2.21. The quantitative estimate of drug-likeness (QED) is 0.302. The monoisotopic (exact) mass is 403 g/mol. The number of nitrogens with one attached hydrogen (secondary N) is 1. The normalized spacial score (nSPS) is 12.1. The van der Waals surface area contributed by atoms with Crippen molar-refractivity contribution >= 4 is 5.91 Å². The minimum atomic E-state index is -0.397. The number of halogens is 2. The van der Waals surface area contributed by atoms with Crippen molar-refractivity contribution in [2.75, 3.05) is 0 Å². The summed E-state index contributed by atoms with van der Waals surface area (Å²) in [4.78, 5) is 12.1. The lowest BCUT2D eigenvalue weighted by molar-refractivity contribution is -0.133. The van der Waals surface area contributed by atoms with Crippen LogP contribution in [0, 0.1) is 38.3 Å². The number of hydroxylamine groups is 1. The van der Waals surface area contributed by atoms with E-state index in [4.69, 9.17) is 5.21 Å². The fraction of sp³-hybridized carbons (Fsp3) is 0.458. The lowest BCUT2D eigenvalue weighted by atomic mass is 9.91. The smallest absolute Gasteiger partial charge is 0.246 e. The van der Waals surface area contributed by atoms with Gasteiger partial charge in [0.05, 0.1) is 0 Å². The Bertz CT molecular complexity index is 813. The molecule has 2 aromatic rings. The van der Waals surface area contributed by atoms with Crippen molar-refractivity contribution < 1.29 is 18.8 Å². The van der Waals surface area contributed by atoms with Gasteiger partial charge in [-0.05, 0) is 80.3 Å². The molecule has 0 bridgehead atoms. The third kappa shape index (κ3) is 6.93. The van der Waals surface area contributed by atoms with Gasteiger partial charge >= 0.3 is 0 Å². The summed E-state index contributed by atoms with van der Waals surface area (Å²) in [6, 6.07) is 8.78. The van der Waals surface area contributed by atoms with Crippen LogP contribution in [0.4, 0.5) is 8.78 Å². The van der Waals surface area contributed by atoms with Gasteiger partial charge < -0.3 is 0 Å². The van der Waals surface area contributed by atoms with Crippen molar-refractivity contribution in [3.63, 3.8) is 0 Å². The van der Waals surface area contributed by atoms with Crippen molar-refractivity contribution in [2.45, 2.75) is 65.7 Å². The molecule has 1 amide bonds. The highest BCUT2D eigenvalue weighted by Gasteiger charge is 2.19. The Balaban J connectivity index is 1.80. The molecular weight excluding hydrogens is 372 g/mol. The van der Waals surface area contributed by atoms with Crippen LogP contribution < -0.4 is 5.48 Å². The molecule has 3 nitrogen and oxygen atoms in total. The van der Waals surface area contributed by atoms with Crippen molar-refractivity contribution in [1.29, 1.82) is 0 Å². The molecule has 1 atom stereocenters. The molecule has 5 heteroatoms. The average Bonchev–Trinajstić information content (AvgIpc) is 2.69. The van der Waals surface area contributed by atoms with E-state index < -0.39 is 5.91 Å². The Labute approximate surface area is 172 Å². The molecule has 0 saturated carbocycles. The van der Waals surface area contributed by atoms with Crippen molar-refractivity contribution in [3.8, 4) is 0 Å². The second-order valence-electron chi connectivity index (χ2n) is 7.96. The minimum absolute atomic E-state index is 0.173. The van der Waals surface area contributed by atoms with Gasteiger partial charge in [-0.1, -0.05) is 43.5 Å². The molecule has 2 N–H and O–H groups in total. The predicted octanol–water partition coefficient (Wildman–Crippen LogP) is 5.75. The number of carbonyl (C=O) groups excluding carboxylic acids is 1. The third-order valence-corrected chi connectivity index (χ3v) is 5.45. The first-order valence-electron chi connectivity index (χ1n) is 10.3. The largest absolute Gasteiger partial charge is 0.289 e. The minimum Gasteiger partial charge on any atom is -0.289 e. The van der Waals surface area contributed by atoms with E-state index in [1.807, 2.05) is 12.1 Å². The van der Waals surface area contributed by atoms with E-state index in [9.17, 15) is 13.6 Å². The first kappa shape index (κ1) is 23.0. The zero-order chi connectivity index (χ0) is 21.4. The Hall–Kier alpha value is -2.27. The molecule has 2 rings (SSSR count). The number of hydrogen-bond donors (Lipinski definition) is 2. The van der Waals surface area contributed by atoms with Gasteiger partial charge in [-0.15, -0.1) is 0 Å². The molecule has 0 aliphatic carbocycles. The molecule has 0 spiro atoms. The molecule has 0 saturated heterocycles. The van der Waals surface area contributed by atoms with Crippen LogP contribution in [0.5, 0.6) is 0 Å². The molecule has 29 heavy (non-hydrogen) atoms. The molecule has 0 fully saturated rings. The van der Waals surface area contributed by atoms with Crippen LogP contribution in [0.1, 0.15) is 59.9 Å². The summed E-state index contributed by atoms with van der Waals surface area (Å²) < 4.78 is 27.1. The Morgan fingerprint density at radius 2 is 1.55 bits per heavy atom. The van der Waals surface area contributed by atoms with Crippen LogP contribution in [-0.2, 0) is 17.6 Å². The van der Waals surface area contributed by atoms with E-state index in [2.05, 4.69) is 0 Å². The van der Waals surface area contributed by atoms with E-state index in [0.717, 1.165) is 43.2 Å². The lowest BCUT2D eigenvalue weighted by Gasteiger charge is -2.16. The van der Waals surface area contributed by atoms with Gasteiger partial charge in [0.1, 0.15) is 11.6 Å². The number of carbonyl (C=O) groups is 1. The van der Waals surface area contributed by atoms with Gasteiger partial charge in [0.2, 0.25) is 5.91 Å². The third-order valence-electron chi connectivity index (χ3n) is 5.45. The van der Waals surface area contributed by atoms with Gasteiger partial charge in [-0.2, -0.15) is 0 Å². The molecule has 0 aliphatic heterocycles. The van der Waals surface area contributed by atoms with Gasteiger partial charge in [0.15, 0.2) is 0 Å². The van der Waals surface area contributed by atoms with Gasteiger partial charge in [0.25, 0.3) is 0 Å². The maximum absolute atomic E-state index is 13.8. The lowest BCUT2D eigenvalue weighted by Crippen LogP contribution is -2.29. The predicted molar refractivity (Wildman–Crippen MR) is 111 cm³/mol. The molecule has 0 aliphatic rings. The standard InChI is InChI=1S/C24H31F2NO2/c1-16-12-19(10-11-22(16)25)8-6-4-5-7-9-21(24(28)27-29)15-20-13-17(2)23(26)18(3)14-20/h10-14,21,29H,4-9,15H2,1-3H3,(H,27,28)/t21-/m0/s1. The number of hydrogen-bond acceptors (Lipinski definition) is 2. The zero-order valence-corrected chi connectivity index (χ0v) is 17.5. The first-order chi connectivity index (χ1) is 13.8. The molecule has 0 radical (unpaired) electrons. The molecular formula is C24H31F2NO2. The highest BCUT2D eigenvalue weighted by atomic mass is 19.1. The van der Waals surface area contributed by atoms with Crippen LogP contribution >= 0.6 is 0 Å². The fourth-order valence-corrected chi connectivity index (χ4v) is 3.79. The van der Waals surface area contributed by atoms with Crippen LogP contribution in [0.15, 0.2) is 30.3 Å². The van der Waals surface area contributed by atoms with Crippen LogP contribution in [0.25, 0.3) is 0 Å². The number of amides is 1. The van der Waals surface area contributed by atoms with Gasteiger partial charge in [0, 0.05) is 5.92 Å². The molecule has 0 unspecified atom stereocenters. The van der Waals surface area contributed by atoms with E-state index in [0.29, 0.717) is 29.5 Å². The molecule has 0 aromatic heterocycles. The summed E-state index contributed by atoms with van der Waals surface area (Å²) >= 11 is 0.